The fourth-order valence-electron chi connectivity index (χ4n) is 3.40. The zero-order valence-corrected chi connectivity index (χ0v) is 17.1. The molecule has 156 valence electrons. The highest BCUT2D eigenvalue weighted by Crippen LogP contribution is 2.32. The zero-order chi connectivity index (χ0) is 22.7. The first-order valence-corrected chi connectivity index (χ1v) is 9.24. The number of hydrogen-bond acceptors (Lipinski definition) is 5. The van der Waals surface area contributed by atoms with Crippen molar-refractivity contribution in [1.29, 1.82) is 5.26 Å². The molecule has 0 bridgehead atoms. The summed E-state index contributed by atoms with van der Waals surface area (Å²) in [7, 11) is 1.45. The molecule has 1 heterocycles. The summed E-state index contributed by atoms with van der Waals surface area (Å²) in [6.45, 7) is 3.76. The topological polar surface area (TPSA) is 118 Å². The SMILES string of the molecule is COc1cc([N+](=O)[O-])ccc1-n1c(C)cc(/C=C(/C#N)c2ccc(C(=O)O)cc2)c1C. The van der Waals surface area contributed by atoms with Crippen LogP contribution in [0.4, 0.5) is 5.69 Å². The number of carboxylic acid groups (broad SMARTS) is 1. The predicted octanol–water partition coefficient (Wildman–Crippen LogP) is 4.77. The number of aromatic nitrogens is 1. The van der Waals surface area contributed by atoms with Crippen molar-refractivity contribution in [2.75, 3.05) is 7.11 Å². The van der Waals surface area contributed by atoms with Gasteiger partial charge in [0.25, 0.3) is 5.69 Å². The monoisotopic (exact) mass is 417 g/mol. The van der Waals surface area contributed by atoms with E-state index in [4.69, 9.17) is 9.84 Å². The van der Waals surface area contributed by atoms with E-state index in [1.165, 1.54) is 31.4 Å². The van der Waals surface area contributed by atoms with Crippen LogP contribution in [0.25, 0.3) is 17.3 Å². The number of carbonyl (C=O) groups is 1. The molecule has 0 saturated carbocycles. The third-order valence-electron chi connectivity index (χ3n) is 4.95. The molecule has 31 heavy (non-hydrogen) atoms. The van der Waals surface area contributed by atoms with Gasteiger partial charge in [-0.15, -0.1) is 0 Å². The molecule has 2 aromatic carbocycles. The van der Waals surface area contributed by atoms with Crippen molar-refractivity contribution in [2.45, 2.75) is 13.8 Å². The summed E-state index contributed by atoms with van der Waals surface area (Å²) < 4.78 is 7.27. The molecule has 3 aromatic rings. The molecule has 0 unspecified atom stereocenters. The normalized spacial score (nSPS) is 11.1. The van der Waals surface area contributed by atoms with Gasteiger partial charge in [-0.05, 0) is 55.3 Å². The molecular formula is C23H19N3O5. The van der Waals surface area contributed by atoms with Gasteiger partial charge >= 0.3 is 5.97 Å². The van der Waals surface area contributed by atoms with Gasteiger partial charge in [0, 0.05) is 17.5 Å². The number of aromatic carboxylic acids is 1. The lowest BCUT2D eigenvalue weighted by molar-refractivity contribution is -0.384. The lowest BCUT2D eigenvalue weighted by Gasteiger charge is -2.14. The van der Waals surface area contributed by atoms with E-state index in [1.807, 2.05) is 24.5 Å². The third-order valence-corrected chi connectivity index (χ3v) is 4.95. The second-order valence-electron chi connectivity index (χ2n) is 6.83. The molecule has 0 aliphatic rings. The summed E-state index contributed by atoms with van der Waals surface area (Å²) in [4.78, 5) is 21.6. The van der Waals surface area contributed by atoms with Crippen LogP contribution in [0.2, 0.25) is 0 Å². The van der Waals surface area contributed by atoms with Gasteiger partial charge in [-0.3, -0.25) is 10.1 Å². The largest absolute Gasteiger partial charge is 0.494 e. The fourth-order valence-corrected chi connectivity index (χ4v) is 3.40. The van der Waals surface area contributed by atoms with Crippen molar-refractivity contribution >= 4 is 23.3 Å². The number of nitro benzene ring substituents is 1. The standard InChI is InChI=1S/C23H19N3O5/c1-14-10-18(11-19(13-24)16-4-6-17(7-5-16)23(27)28)15(2)25(14)21-9-8-20(26(29)30)12-22(21)31-3/h4-12H,1-3H3,(H,27,28)/b19-11-. The van der Waals surface area contributed by atoms with Gasteiger partial charge in [0.05, 0.1) is 41.0 Å². The summed E-state index contributed by atoms with van der Waals surface area (Å²) in [5, 5.41) is 29.8. The first-order chi connectivity index (χ1) is 14.8. The number of nitriles is 1. The summed E-state index contributed by atoms with van der Waals surface area (Å²) in [5.74, 6) is -0.675. The number of rotatable bonds is 6. The van der Waals surface area contributed by atoms with Crippen molar-refractivity contribution < 1.29 is 19.6 Å². The van der Waals surface area contributed by atoms with Crippen LogP contribution in [0.1, 0.15) is 32.9 Å². The quantitative estimate of drug-likeness (QED) is 0.350. The van der Waals surface area contributed by atoms with E-state index >= 15 is 0 Å². The Kier molecular flexibility index (Phi) is 5.88. The first kappa shape index (κ1) is 21.3. The van der Waals surface area contributed by atoms with Gasteiger partial charge in [0.15, 0.2) is 0 Å². The Morgan fingerprint density at radius 1 is 1.16 bits per heavy atom. The van der Waals surface area contributed by atoms with Crippen LogP contribution in [0, 0.1) is 35.3 Å². The van der Waals surface area contributed by atoms with Crippen molar-refractivity contribution in [3.63, 3.8) is 0 Å². The minimum atomic E-state index is -1.03. The summed E-state index contributed by atoms with van der Waals surface area (Å²) in [6, 6.07) is 14.6. The van der Waals surface area contributed by atoms with E-state index in [9.17, 15) is 20.2 Å². The molecule has 0 saturated heterocycles. The average Bonchev–Trinajstić information content (AvgIpc) is 3.04. The van der Waals surface area contributed by atoms with Crippen LogP contribution in [0.15, 0.2) is 48.5 Å². The number of benzene rings is 2. The summed E-state index contributed by atoms with van der Waals surface area (Å²) in [5.41, 5.74) is 4.17. The predicted molar refractivity (Wildman–Crippen MR) is 115 cm³/mol. The third kappa shape index (κ3) is 4.16. The fraction of sp³-hybridized carbons (Fsp3) is 0.130. The Labute approximate surface area is 178 Å². The Morgan fingerprint density at radius 2 is 1.81 bits per heavy atom. The van der Waals surface area contributed by atoms with E-state index in [-0.39, 0.29) is 11.3 Å². The van der Waals surface area contributed by atoms with Crippen LogP contribution < -0.4 is 4.74 Å². The van der Waals surface area contributed by atoms with Gasteiger partial charge in [-0.2, -0.15) is 5.26 Å². The minimum Gasteiger partial charge on any atom is -0.494 e. The Bertz CT molecular complexity index is 1250. The number of nitro groups is 1. The second-order valence-corrected chi connectivity index (χ2v) is 6.83. The highest BCUT2D eigenvalue weighted by molar-refractivity contribution is 5.92. The molecule has 0 spiro atoms. The molecule has 0 radical (unpaired) electrons. The Morgan fingerprint density at radius 3 is 2.35 bits per heavy atom. The zero-order valence-electron chi connectivity index (χ0n) is 17.1. The lowest BCUT2D eigenvalue weighted by atomic mass is 10.0. The molecular weight excluding hydrogens is 398 g/mol. The van der Waals surface area contributed by atoms with Crippen LogP contribution >= 0.6 is 0 Å². The molecule has 0 atom stereocenters. The molecule has 1 N–H and O–H groups in total. The average molecular weight is 417 g/mol. The van der Waals surface area contributed by atoms with Gasteiger partial charge in [0.1, 0.15) is 5.75 Å². The van der Waals surface area contributed by atoms with Crippen molar-refractivity contribution in [2.24, 2.45) is 0 Å². The van der Waals surface area contributed by atoms with Gasteiger partial charge in [-0.1, -0.05) is 12.1 Å². The van der Waals surface area contributed by atoms with Crippen molar-refractivity contribution in [3.8, 4) is 17.5 Å². The highest BCUT2D eigenvalue weighted by Gasteiger charge is 2.17. The van der Waals surface area contributed by atoms with E-state index in [0.717, 1.165) is 17.0 Å². The maximum absolute atomic E-state index is 11.1. The minimum absolute atomic E-state index is 0.0697. The molecule has 8 heteroatoms. The van der Waals surface area contributed by atoms with E-state index in [0.29, 0.717) is 22.6 Å². The van der Waals surface area contributed by atoms with Gasteiger partial charge in [-0.25, -0.2) is 4.79 Å². The summed E-state index contributed by atoms with van der Waals surface area (Å²) in [6.07, 6.45) is 1.73. The number of ether oxygens (including phenoxy) is 1. The van der Waals surface area contributed by atoms with Crippen LogP contribution in [-0.4, -0.2) is 27.7 Å². The van der Waals surface area contributed by atoms with E-state index in [1.54, 1.807) is 24.3 Å². The van der Waals surface area contributed by atoms with Crippen LogP contribution in [0.3, 0.4) is 0 Å². The summed E-state index contributed by atoms with van der Waals surface area (Å²) >= 11 is 0. The number of nitrogens with zero attached hydrogens (tertiary/aromatic N) is 3. The Balaban J connectivity index is 2.08. The number of aryl methyl sites for hydroxylation is 1. The van der Waals surface area contributed by atoms with Crippen molar-refractivity contribution in [3.05, 3.63) is 86.7 Å². The molecule has 3 rings (SSSR count). The molecule has 0 aliphatic heterocycles. The molecule has 1 aromatic heterocycles. The Hall–Kier alpha value is -4.38. The van der Waals surface area contributed by atoms with E-state index in [2.05, 4.69) is 6.07 Å². The number of allylic oxidation sites excluding steroid dienone is 1. The van der Waals surface area contributed by atoms with Crippen molar-refractivity contribution in [1.82, 2.24) is 4.57 Å². The highest BCUT2D eigenvalue weighted by atomic mass is 16.6. The molecule has 0 amide bonds. The van der Waals surface area contributed by atoms with Crippen LogP contribution in [0.5, 0.6) is 5.75 Å². The maximum Gasteiger partial charge on any atom is 0.335 e. The first-order valence-electron chi connectivity index (χ1n) is 9.24. The smallest absolute Gasteiger partial charge is 0.335 e. The van der Waals surface area contributed by atoms with Crippen LogP contribution in [-0.2, 0) is 0 Å². The molecule has 8 nitrogen and oxygen atoms in total. The van der Waals surface area contributed by atoms with Gasteiger partial charge < -0.3 is 14.4 Å². The second kappa shape index (κ2) is 8.55. The molecule has 0 fully saturated rings. The lowest BCUT2D eigenvalue weighted by Crippen LogP contribution is -2.03. The number of carboxylic acids is 1. The number of methoxy groups -OCH3 is 1. The van der Waals surface area contributed by atoms with Gasteiger partial charge in [0.2, 0.25) is 0 Å². The molecule has 0 aliphatic carbocycles. The maximum atomic E-state index is 11.1. The number of hydrogen-bond donors (Lipinski definition) is 1. The number of non-ortho nitro benzene ring substituents is 1. The van der Waals surface area contributed by atoms with E-state index < -0.39 is 10.9 Å².